The summed E-state index contributed by atoms with van der Waals surface area (Å²) in [4.78, 5) is 10.3. The predicted molar refractivity (Wildman–Crippen MR) is 80.0 cm³/mol. The molecule has 0 aliphatic heterocycles. The second-order valence-electron chi connectivity index (χ2n) is 4.35. The van der Waals surface area contributed by atoms with Crippen LogP contribution in [0.2, 0.25) is 0 Å². The first-order chi connectivity index (χ1) is 10.1. The van der Waals surface area contributed by atoms with Crippen molar-refractivity contribution in [2.75, 3.05) is 19.5 Å². The number of methoxy groups -OCH3 is 2. The van der Waals surface area contributed by atoms with Crippen molar-refractivity contribution in [3.8, 4) is 11.5 Å². The van der Waals surface area contributed by atoms with Gasteiger partial charge in [-0.05, 0) is 17.7 Å². The SMILES string of the molecule is COc1ccc(NCc2cccc([N+](=O)[O-])c2)cc1OC. The number of nitro benzene ring substituents is 1. The summed E-state index contributed by atoms with van der Waals surface area (Å²) < 4.78 is 10.4. The minimum absolute atomic E-state index is 0.0848. The number of nitro groups is 1. The lowest BCUT2D eigenvalue weighted by Crippen LogP contribution is -2.01. The third kappa shape index (κ3) is 3.62. The molecule has 0 saturated carbocycles. The van der Waals surface area contributed by atoms with Gasteiger partial charge in [0.25, 0.3) is 5.69 Å². The Morgan fingerprint density at radius 1 is 1.10 bits per heavy atom. The van der Waals surface area contributed by atoms with Gasteiger partial charge in [-0.25, -0.2) is 0 Å². The summed E-state index contributed by atoms with van der Waals surface area (Å²) in [6, 6.07) is 12.0. The molecule has 0 saturated heterocycles. The van der Waals surface area contributed by atoms with Gasteiger partial charge in [-0.3, -0.25) is 10.1 Å². The average molecular weight is 288 g/mol. The van der Waals surface area contributed by atoms with Crippen molar-refractivity contribution in [1.82, 2.24) is 0 Å². The standard InChI is InChI=1S/C15H16N2O4/c1-20-14-7-6-12(9-15(14)21-2)16-10-11-4-3-5-13(8-11)17(18)19/h3-9,16H,10H2,1-2H3. The average Bonchev–Trinajstić information content (AvgIpc) is 2.52. The summed E-state index contributed by atoms with van der Waals surface area (Å²) in [5.41, 5.74) is 1.76. The van der Waals surface area contributed by atoms with Crippen LogP contribution in [0.5, 0.6) is 11.5 Å². The summed E-state index contributed by atoms with van der Waals surface area (Å²) in [7, 11) is 3.15. The highest BCUT2D eigenvalue weighted by molar-refractivity contribution is 5.55. The highest BCUT2D eigenvalue weighted by Gasteiger charge is 2.07. The highest BCUT2D eigenvalue weighted by Crippen LogP contribution is 2.30. The molecular weight excluding hydrogens is 272 g/mol. The molecule has 0 aliphatic carbocycles. The number of anilines is 1. The number of hydrogen-bond acceptors (Lipinski definition) is 5. The van der Waals surface area contributed by atoms with Crippen LogP contribution in [0.1, 0.15) is 5.56 Å². The van der Waals surface area contributed by atoms with Crippen LogP contribution in [0.3, 0.4) is 0 Å². The van der Waals surface area contributed by atoms with Crippen molar-refractivity contribution < 1.29 is 14.4 Å². The zero-order valence-corrected chi connectivity index (χ0v) is 11.8. The van der Waals surface area contributed by atoms with Crippen LogP contribution in [0.25, 0.3) is 0 Å². The third-order valence-corrected chi connectivity index (χ3v) is 3.00. The molecule has 0 aliphatic rings. The Balaban J connectivity index is 2.09. The smallest absolute Gasteiger partial charge is 0.269 e. The molecule has 2 rings (SSSR count). The van der Waals surface area contributed by atoms with Gasteiger partial charge >= 0.3 is 0 Å². The Labute approximate surface area is 122 Å². The Kier molecular flexibility index (Phi) is 4.61. The lowest BCUT2D eigenvalue weighted by molar-refractivity contribution is -0.384. The van der Waals surface area contributed by atoms with E-state index in [4.69, 9.17) is 9.47 Å². The van der Waals surface area contributed by atoms with E-state index in [0.717, 1.165) is 11.3 Å². The van der Waals surface area contributed by atoms with E-state index >= 15 is 0 Å². The Morgan fingerprint density at radius 2 is 1.86 bits per heavy atom. The first kappa shape index (κ1) is 14.6. The fraction of sp³-hybridized carbons (Fsp3) is 0.200. The van der Waals surface area contributed by atoms with Gasteiger partial charge in [0.05, 0.1) is 19.1 Å². The summed E-state index contributed by atoms with van der Waals surface area (Å²) in [6.07, 6.45) is 0. The Hall–Kier alpha value is -2.76. The van der Waals surface area contributed by atoms with Gasteiger partial charge in [-0.1, -0.05) is 12.1 Å². The zero-order valence-electron chi connectivity index (χ0n) is 11.8. The van der Waals surface area contributed by atoms with Gasteiger partial charge in [0.1, 0.15) is 0 Å². The van der Waals surface area contributed by atoms with Gasteiger partial charge in [0, 0.05) is 30.4 Å². The number of ether oxygens (including phenoxy) is 2. The van der Waals surface area contributed by atoms with E-state index in [-0.39, 0.29) is 5.69 Å². The van der Waals surface area contributed by atoms with E-state index in [1.807, 2.05) is 18.2 Å². The fourth-order valence-electron chi connectivity index (χ4n) is 1.93. The maximum atomic E-state index is 10.7. The number of rotatable bonds is 6. The summed E-state index contributed by atoms with van der Waals surface area (Å²) in [5, 5.41) is 13.9. The van der Waals surface area contributed by atoms with Crippen molar-refractivity contribution in [2.24, 2.45) is 0 Å². The molecule has 0 unspecified atom stereocenters. The van der Waals surface area contributed by atoms with Crippen molar-refractivity contribution in [2.45, 2.75) is 6.54 Å². The second-order valence-corrected chi connectivity index (χ2v) is 4.35. The molecule has 0 heterocycles. The van der Waals surface area contributed by atoms with Crippen LogP contribution in [0.15, 0.2) is 42.5 Å². The summed E-state index contributed by atoms with van der Waals surface area (Å²) >= 11 is 0. The van der Waals surface area contributed by atoms with Gasteiger partial charge in [0.15, 0.2) is 11.5 Å². The van der Waals surface area contributed by atoms with Crippen molar-refractivity contribution in [1.29, 1.82) is 0 Å². The first-order valence-corrected chi connectivity index (χ1v) is 6.33. The molecule has 0 spiro atoms. The molecule has 21 heavy (non-hydrogen) atoms. The van der Waals surface area contributed by atoms with Gasteiger partial charge < -0.3 is 14.8 Å². The molecule has 0 amide bonds. The van der Waals surface area contributed by atoms with Crippen molar-refractivity contribution >= 4 is 11.4 Å². The molecule has 0 radical (unpaired) electrons. The van der Waals surface area contributed by atoms with E-state index in [9.17, 15) is 10.1 Å². The van der Waals surface area contributed by atoms with Crippen LogP contribution >= 0.6 is 0 Å². The highest BCUT2D eigenvalue weighted by atomic mass is 16.6. The zero-order chi connectivity index (χ0) is 15.2. The molecule has 0 fully saturated rings. The Bertz CT molecular complexity index is 643. The maximum Gasteiger partial charge on any atom is 0.269 e. The lowest BCUT2D eigenvalue weighted by Gasteiger charge is -2.11. The first-order valence-electron chi connectivity index (χ1n) is 6.33. The Morgan fingerprint density at radius 3 is 2.52 bits per heavy atom. The fourth-order valence-corrected chi connectivity index (χ4v) is 1.93. The van der Waals surface area contributed by atoms with Gasteiger partial charge in [-0.2, -0.15) is 0 Å². The van der Waals surface area contributed by atoms with Crippen LogP contribution < -0.4 is 14.8 Å². The summed E-state index contributed by atoms with van der Waals surface area (Å²) in [5.74, 6) is 1.28. The van der Waals surface area contributed by atoms with Gasteiger partial charge in [0.2, 0.25) is 0 Å². The number of hydrogen-bond donors (Lipinski definition) is 1. The normalized spacial score (nSPS) is 10.0. The van der Waals surface area contributed by atoms with Crippen LogP contribution in [-0.2, 0) is 6.54 Å². The topological polar surface area (TPSA) is 73.6 Å². The number of nitrogens with zero attached hydrogens (tertiary/aromatic N) is 1. The largest absolute Gasteiger partial charge is 0.493 e. The van der Waals surface area contributed by atoms with E-state index in [1.54, 1.807) is 32.4 Å². The van der Waals surface area contributed by atoms with Crippen LogP contribution in [0, 0.1) is 10.1 Å². The minimum atomic E-state index is -0.403. The third-order valence-electron chi connectivity index (χ3n) is 3.00. The van der Waals surface area contributed by atoms with Crippen LogP contribution in [0.4, 0.5) is 11.4 Å². The molecule has 110 valence electrons. The molecule has 2 aromatic rings. The van der Waals surface area contributed by atoms with Crippen molar-refractivity contribution in [3.05, 3.63) is 58.1 Å². The molecule has 6 nitrogen and oxygen atoms in total. The molecular formula is C15H16N2O4. The molecule has 0 aromatic heterocycles. The number of nitrogens with one attached hydrogen (secondary N) is 1. The van der Waals surface area contributed by atoms with E-state index in [2.05, 4.69) is 5.32 Å². The number of non-ortho nitro benzene ring substituents is 1. The van der Waals surface area contributed by atoms with E-state index < -0.39 is 4.92 Å². The van der Waals surface area contributed by atoms with Crippen molar-refractivity contribution in [3.63, 3.8) is 0 Å². The molecule has 0 bridgehead atoms. The lowest BCUT2D eigenvalue weighted by atomic mass is 10.2. The molecule has 6 heteroatoms. The minimum Gasteiger partial charge on any atom is -0.493 e. The van der Waals surface area contributed by atoms with E-state index in [1.165, 1.54) is 6.07 Å². The molecule has 2 aromatic carbocycles. The molecule has 1 N–H and O–H groups in total. The second kappa shape index (κ2) is 6.60. The predicted octanol–water partition coefficient (Wildman–Crippen LogP) is 3.22. The van der Waals surface area contributed by atoms with Crippen LogP contribution in [-0.4, -0.2) is 19.1 Å². The maximum absolute atomic E-state index is 10.7. The number of benzene rings is 2. The monoisotopic (exact) mass is 288 g/mol. The quantitative estimate of drug-likeness (QED) is 0.652. The van der Waals surface area contributed by atoms with Gasteiger partial charge in [-0.15, -0.1) is 0 Å². The summed E-state index contributed by atoms with van der Waals surface area (Å²) in [6.45, 7) is 0.483. The van der Waals surface area contributed by atoms with E-state index in [0.29, 0.717) is 18.0 Å². The molecule has 0 atom stereocenters.